The normalized spacial score (nSPS) is 20.0. The molecule has 2 atom stereocenters. The number of fused-ring (bicyclic) bond motifs is 1. The van der Waals surface area contributed by atoms with Gasteiger partial charge in [-0.1, -0.05) is 53.0 Å². The van der Waals surface area contributed by atoms with E-state index in [0.29, 0.717) is 41.5 Å². The van der Waals surface area contributed by atoms with Gasteiger partial charge in [0, 0.05) is 67.0 Å². The highest BCUT2D eigenvalue weighted by Gasteiger charge is 2.61. The van der Waals surface area contributed by atoms with E-state index in [-0.39, 0.29) is 48.9 Å². The fourth-order valence-electron chi connectivity index (χ4n) is 6.39. The van der Waals surface area contributed by atoms with E-state index < -0.39 is 17.5 Å². The highest BCUT2D eigenvalue weighted by Crippen LogP contribution is 2.48. The van der Waals surface area contributed by atoms with Gasteiger partial charge in [0.05, 0.1) is 11.4 Å². The Bertz CT molecular complexity index is 1790. The zero-order valence-corrected chi connectivity index (χ0v) is 27.0. The average molecular weight is 667 g/mol. The van der Waals surface area contributed by atoms with Gasteiger partial charge in [0.25, 0.3) is 5.91 Å². The van der Waals surface area contributed by atoms with Gasteiger partial charge in [0.2, 0.25) is 11.5 Å². The standard InChI is InChI=1S/C34H34Cl2FN5O4/c1-3-38-33(45)41-14-12-40(13-15-41)32(44)34(46-24-8-4-21(2)5-9-24)18-30(43)42(20-22-6-11-27(36)28(37)16-22)31(34)26-19-39-29-17-23(35)7-10-25(26)29/h4-11,16-17,19,31,39H,3,12-15,18,20H2,1-2H3,(H,38,45)/t31-,34+/m1/s1. The van der Waals surface area contributed by atoms with Gasteiger partial charge in [-0.2, -0.15) is 0 Å². The largest absolute Gasteiger partial charge is 0.474 e. The number of amides is 4. The molecule has 2 saturated heterocycles. The zero-order chi connectivity index (χ0) is 32.6. The molecule has 0 radical (unpaired) electrons. The molecule has 2 N–H and O–H groups in total. The van der Waals surface area contributed by atoms with E-state index in [1.54, 1.807) is 51.2 Å². The molecular weight excluding hydrogens is 632 g/mol. The van der Waals surface area contributed by atoms with Crippen LogP contribution in [0.5, 0.6) is 5.75 Å². The fourth-order valence-corrected chi connectivity index (χ4v) is 6.68. The Morgan fingerprint density at radius 2 is 1.74 bits per heavy atom. The number of ether oxygens (including phenoxy) is 1. The third-order valence-electron chi connectivity index (χ3n) is 8.66. The van der Waals surface area contributed by atoms with Crippen LogP contribution in [-0.4, -0.2) is 75.9 Å². The van der Waals surface area contributed by atoms with Crippen LogP contribution < -0.4 is 10.1 Å². The first kappa shape index (κ1) is 31.7. The van der Waals surface area contributed by atoms with Crippen LogP contribution in [0.1, 0.15) is 36.1 Å². The van der Waals surface area contributed by atoms with Crippen molar-refractivity contribution in [3.8, 4) is 5.75 Å². The Morgan fingerprint density at radius 3 is 2.43 bits per heavy atom. The highest BCUT2D eigenvalue weighted by atomic mass is 35.5. The number of hydrogen-bond acceptors (Lipinski definition) is 4. The molecular formula is C34H34Cl2FN5O4. The number of likely N-dealkylation sites (tertiary alicyclic amines) is 1. The first-order chi connectivity index (χ1) is 22.1. The summed E-state index contributed by atoms with van der Waals surface area (Å²) in [5.74, 6) is -0.868. The average Bonchev–Trinajstić information content (AvgIpc) is 3.57. The summed E-state index contributed by atoms with van der Waals surface area (Å²) in [6, 6.07) is 16.0. The number of urea groups is 1. The van der Waals surface area contributed by atoms with E-state index in [1.165, 1.54) is 12.1 Å². The van der Waals surface area contributed by atoms with Crippen molar-refractivity contribution in [2.45, 2.75) is 38.5 Å². The number of benzene rings is 3. The van der Waals surface area contributed by atoms with E-state index in [9.17, 15) is 18.8 Å². The molecule has 4 amide bonds. The number of aromatic nitrogens is 1. The Labute approximate surface area is 276 Å². The first-order valence-electron chi connectivity index (χ1n) is 15.2. The predicted octanol–water partition coefficient (Wildman–Crippen LogP) is 6.09. The molecule has 3 aromatic carbocycles. The van der Waals surface area contributed by atoms with Gasteiger partial charge < -0.3 is 29.7 Å². The van der Waals surface area contributed by atoms with Crippen molar-refractivity contribution in [2.75, 3.05) is 32.7 Å². The lowest BCUT2D eigenvalue weighted by atomic mass is 9.86. The van der Waals surface area contributed by atoms with Crippen LogP contribution in [0.15, 0.2) is 66.9 Å². The van der Waals surface area contributed by atoms with Gasteiger partial charge in [-0.25, -0.2) is 9.18 Å². The molecule has 2 fully saturated rings. The third-order valence-corrected chi connectivity index (χ3v) is 9.20. The quantitative estimate of drug-likeness (QED) is 0.250. The summed E-state index contributed by atoms with van der Waals surface area (Å²) in [7, 11) is 0. The van der Waals surface area contributed by atoms with Crippen molar-refractivity contribution in [3.05, 3.63) is 99.4 Å². The Kier molecular flexibility index (Phi) is 8.85. The van der Waals surface area contributed by atoms with E-state index in [1.807, 2.05) is 32.0 Å². The molecule has 12 heteroatoms. The summed E-state index contributed by atoms with van der Waals surface area (Å²) in [4.78, 5) is 49.8. The Balaban J connectivity index is 1.47. The van der Waals surface area contributed by atoms with Crippen LogP contribution in [-0.2, 0) is 16.1 Å². The SMILES string of the molecule is CCNC(=O)N1CCN(C(=O)[C@]2(Oc3ccc(C)cc3)CC(=O)N(Cc3ccc(Cl)c(F)c3)[C@@H]2c2c[nH]c3cc(Cl)ccc23)CC1. The summed E-state index contributed by atoms with van der Waals surface area (Å²) >= 11 is 12.3. The van der Waals surface area contributed by atoms with Crippen molar-refractivity contribution in [1.29, 1.82) is 0 Å². The number of halogens is 3. The number of carbonyl (C=O) groups is 3. The fraction of sp³-hybridized carbons (Fsp3) is 0.324. The molecule has 0 saturated carbocycles. The predicted molar refractivity (Wildman–Crippen MR) is 174 cm³/mol. The molecule has 3 heterocycles. The monoisotopic (exact) mass is 665 g/mol. The van der Waals surface area contributed by atoms with Gasteiger partial charge in [0.15, 0.2) is 0 Å². The molecule has 0 unspecified atom stereocenters. The second-order valence-electron chi connectivity index (χ2n) is 11.7. The van der Waals surface area contributed by atoms with Crippen molar-refractivity contribution in [1.82, 2.24) is 25.0 Å². The number of H-pyrrole nitrogens is 1. The summed E-state index contributed by atoms with van der Waals surface area (Å²) < 4.78 is 21.3. The van der Waals surface area contributed by atoms with Crippen molar-refractivity contribution < 1.29 is 23.5 Å². The maximum Gasteiger partial charge on any atom is 0.317 e. The smallest absolute Gasteiger partial charge is 0.317 e. The van der Waals surface area contributed by atoms with Crippen molar-refractivity contribution in [3.63, 3.8) is 0 Å². The topological polar surface area (TPSA) is 98.0 Å². The second-order valence-corrected chi connectivity index (χ2v) is 12.5. The molecule has 0 aliphatic carbocycles. The molecule has 2 aliphatic rings. The molecule has 4 aromatic rings. The summed E-state index contributed by atoms with van der Waals surface area (Å²) in [6.07, 6.45) is 1.52. The number of nitrogens with one attached hydrogen (secondary N) is 2. The molecule has 46 heavy (non-hydrogen) atoms. The number of aromatic amines is 1. The van der Waals surface area contributed by atoms with E-state index in [2.05, 4.69) is 10.3 Å². The first-order valence-corrected chi connectivity index (χ1v) is 15.9. The van der Waals surface area contributed by atoms with Crippen LogP contribution >= 0.6 is 23.2 Å². The summed E-state index contributed by atoms with van der Waals surface area (Å²) in [5.41, 5.74) is 1.21. The van der Waals surface area contributed by atoms with Crippen LogP contribution in [0.25, 0.3) is 10.9 Å². The summed E-state index contributed by atoms with van der Waals surface area (Å²) in [6.45, 7) is 5.50. The maximum atomic E-state index is 14.9. The Morgan fingerprint density at radius 1 is 1.02 bits per heavy atom. The molecule has 6 rings (SSSR count). The van der Waals surface area contributed by atoms with E-state index >= 15 is 0 Å². The molecule has 240 valence electrons. The lowest BCUT2D eigenvalue weighted by molar-refractivity contribution is -0.152. The highest BCUT2D eigenvalue weighted by molar-refractivity contribution is 6.31. The minimum Gasteiger partial charge on any atom is -0.474 e. The number of hydrogen-bond donors (Lipinski definition) is 2. The molecule has 2 aliphatic heterocycles. The van der Waals surface area contributed by atoms with Gasteiger partial charge in [-0.15, -0.1) is 0 Å². The second kappa shape index (κ2) is 12.8. The summed E-state index contributed by atoms with van der Waals surface area (Å²) in [5, 5.41) is 4.07. The molecule has 0 spiro atoms. The van der Waals surface area contributed by atoms with Crippen LogP contribution in [0.3, 0.4) is 0 Å². The van der Waals surface area contributed by atoms with Gasteiger partial charge in [0.1, 0.15) is 17.6 Å². The molecule has 9 nitrogen and oxygen atoms in total. The van der Waals surface area contributed by atoms with Gasteiger partial charge >= 0.3 is 6.03 Å². The molecule has 1 aromatic heterocycles. The minimum absolute atomic E-state index is 0.00903. The van der Waals surface area contributed by atoms with Crippen molar-refractivity contribution in [2.24, 2.45) is 0 Å². The van der Waals surface area contributed by atoms with Crippen LogP contribution in [0.4, 0.5) is 9.18 Å². The Hall–Kier alpha value is -4.28. The van der Waals surface area contributed by atoms with Crippen LogP contribution in [0, 0.1) is 12.7 Å². The van der Waals surface area contributed by atoms with Gasteiger partial charge in [-0.3, -0.25) is 9.59 Å². The molecule has 0 bridgehead atoms. The van der Waals surface area contributed by atoms with Crippen LogP contribution in [0.2, 0.25) is 10.0 Å². The zero-order valence-electron chi connectivity index (χ0n) is 25.5. The van der Waals surface area contributed by atoms with Crippen molar-refractivity contribution >= 4 is 52.0 Å². The number of carbonyl (C=O) groups excluding carboxylic acids is 3. The number of nitrogens with zero attached hydrogens (tertiary/aromatic N) is 3. The number of aryl methyl sites for hydroxylation is 1. The number of rotatable bonds is 7. The minimum atomic E-state index is -1.69. The lowest BCUT2D eigenvalue weighted by Crippen LogP contribution is -2.61. The lowest BCUT2D eigenvalue weighted by Gasteiger charge is -2.42. The van der Waals surface area contributed by atoms with Gasteiger partial charge in [-0.05, 0) is 55.8 Å². The van der Waals surface area contributed by atoms with E-state index in [0.717, 1.165) is 16.5 Å². The maximum absolute atomic E-state index is 14.9. The van der Waals surface area contributed by atoms with E-state index in [4.69, 9.17) is 27.9 Å². The third kappa shape index (κ3) is 5.99. The number of piperazine rings is 1.